The number of anilines is 1. The van der Waals surface area contributed by atoms with Gasteiger partial charge in [-0.3, -0.25) is 0 Å². The molecule has 0 unspecified atom stereocenters. The molecule has 0 heterocycles. The highest BCUT2D eigenvalue weighted by Gasteiger charge is 2.01. The van der Waals surface area contributed by atoms with E-state index in [4.69, 9.17) is 17.3 Å². The number of hydrogen-bond donors (Lipinski definition) is 3. The molecule has 0 aliphatic carbocycles. The van der Waals surface area contributed by atoms with Gasteiger partial charge in [0.25, 0.3) is 0 Å². The van der Waals surface area contributed by atoms with E-state index in [1.54, 1.807) is 13.0 Å². The molecule has 0 fully saturated rings. The van der Waals surface area contributed by atoms with E-state index in [-0.39, 0.29) is 12.4 Å². The van der Waals surface area contributed by atoms with E-state index in [0.29, 0.717) is 11.7 Å². The molecule has 0 aliphatic heterocycles. The molecule has 1 rings (SSSR count). The zero-order valence-electron chi connectivity index (χ0n) is 8.38. The van der Waals surface area contributed by atoms with E-state index in [1.807, 2.05) is 0 Å². The van der Waals surface area contributed by atoms with E-state index in [0.717, 1.165) is 11.3 Å². The highest BCUT2D eigenvalue weighted by molar-refractivity contribution is 7.80. The number of nitrogens with one attached hydrogen (secondary N) is 2. The lowest BCUT2D eigenvalue weighted by molar-refractivity contribution is 0.301. The Morgan fingerprint density at radius 1 is 1.53 bits per heavy atom. The van der Waals surface area contributed by atoms with Crippen LogP contribution in [0.3, 0.4) is 0 Å². The van der Waals surface area contributed by atoms with Crippen LogP contribution in [0.2, 0.25) is 0 Å². The lowest BCUT2D eigenvalue weighted by atomic mass is 10.2. The molecule has 1 aromatic rings. The zero-order chi connectivity index (χ0) is 11.3. The lowest BCUT2D eigenvalue weighted by Crippen LogP contribution is -2.30. The van der Waals surface area contributed by atoms with Crippen LogP contribution in [-0.2, 0) is 0 Å². The second-order valence-corrected chi connectivity index (χ2v) is 3.47. The molecule has 0 spiro atoms. The first-order valence-electron chi connectivity index (χ1n) is 4.55. The van der Waals surface area contributed by atoms with Crippen molar-refractivity contribution in [1.29, 1.82) is 0 Å². The maximum Gasteiger partial charge on any atom is 0.170 e. The van der Waals surface area contributed by atoms with Crippen molar-refractivity contribution in [2.75, 3.05) is 18.5 Å². The Morgan fingerprint density at radius 3 is 2.87 bits per heavy atom. The molecular formula is C10H13FN2OS. The number of halogens is 1. The third kappa shape index (κ3) is 3.81. The fourth-order valence-electron chi connectivity index (χ4n) is 1.10. The summed E-state index contributed by atoms with van der Waals surface area (Å²) >= 11 is 4.97. The first-order valence-corrected chi connectivity index (χ1v) is 4.96. The monoisotopic (exact) mass is 228 g/mol. The molecule has 82 valence electrons. The van der Waals surface area contributed by atoms with Crippen LogP contribution in [0.25, 0.3) is 0 Å². The summed E-state index contributed by atoms with van der Waals surface area (Å²) in [7, 11) is 0. The van der Waals surface area contributed by atoms with Crippen LogP contribution in [-0.4, -0.2) is 23.4 Å². The minimum absolute atomic E-state index is 0.0181. The highest BCUT2D eigenvalue weighted by atomic mass is 32.1. The normalized spacial score (nSPS) is 9.80. The molecule has 3 nitrogen and oxygen atoms in total. The minimum atomic E-state index is -0.271. The molecule has 0 saturated heterocycles. The number of benzene rings is 1. The first kappa shape index (κ1) is 11.9. The molecule has 0 aliphatic rings. The van der Waals surface area contributed by atoms with Gasteiger partial charge in [0, 0.05) is 12.2 Å². The van der Waals surface area contributed by atoms with Crippen LogP contribution in [0.1, 0.15) is 5.56 Å². The second-order valence-electron chi connectivity index (χ2n) is 3.06. The molecule has 0 amide bonds. The standard InChI is InChI=1S/C10H13FN2OS/c1-7-6-8(11)2-3-9(7)13-10(15)12-4-5-14/h2-3,6,14H,4-5H2,1H3,(H2,12,13,15). The Morgan fingerprint density at radius 2 is 2.27 bits per heavy atom. The first-order chi connectivity index (χ1) is 7.13. The number of thiocarbonyl (C=S) groups is 1. The molecule has 3 N–H and O–H groups in total. The highest BCUT2D eigenvalue weighted by Crippen LogP contribution is 2.15. The van der Waals surface area contributed by atoms with Crippen LogP contribution >= 0.6 is 12.2 Å². The number of aliphatic hydroxyl groups is 1. The van der Waals surface area contributed by atoms with Gasteiger partial charge in [0.1, 0.15) is 5.82 Å². The smallest absolute Gasteiger partial charge is 0.170 e. The summed E-state index contributed by atoms with van der Waals surface area (Å²) in [6.07, 6.45) is 0. The van der Waals surface area contributed by atoms with Gasteiger partial charge in [-0.25, -0.2) is 4.39 Å². The van der Waals surface area contributed by atoms with Crippen LogP contribution in [0.15, 0.2) is 18.2 Å². The topological polar surface area (TPSA) is 44.3 Å². The molecule has 0 atom stereocenters. The van der Waals surface area contributed by atoms with Crippen molar-refractivity contribution in [3.63, 3.8) is 0 Å². The molecule has 0 bridgehead atoms. The fraction of sp³-hybridized carbons (Fsp3) is 0.300. The summed E-state index contributed by atoms with van der Waals surface area (Å²) in [4.78, 5) is 0. The van der Waals surface area contributed by atoms with Crippen molar-refractivity contribution in [2.45, 2.75) is 6.92 Å². The molecule has 1 aromatic carbocycles. The molecule has 15 heavy (non-hydrogen) atoms. The van der Waals surface area contributed by atoms with Crippen LogP contribution in [0.5, 0.6) is 0 Å². The zero-order valence-corrected chi connectivity index (χ0v) is 9.20. The van der Waals surface area contributed by atoms with E-state index in [2.05, 4.69) is 10.6 Å². The van der Waals surface area contributed by atoms with Crippen molar-refractivity contribution in [1.82, 2.24) is 5.32 Å². The molecule has 0 saturated carbocycles. The Labute approximate surface area is 93.3 Å². The second kappa shape index (κ2) is 5.63. The molecular weight excluding hydrogens is 215 g/mol. The Hall–Kier alpha value is -1.20. The number of aryl methyl sites for hydroxylation is 1. The van der Waals surface area contributed by atoms with E-state index in [9.17, 15) is 4.39 Å². The Bertz CT molecular complexity index is 357. The lowest BCUT2D eigenvalue weighted by Gasteiger charge is -2.11. The van der Waals surface area contributed by atoms with Crippen molar-refractivity contribution < 1.29 is 9.50 Å². The molecule has 5 heteroatoms. The summed E-state index contributed by atoms with van der Waals surface area (Å²) in [6.45, 7) is 2.20. The quantitative estimate of drug-likeness (QED) is 0.684. The average molecular weight is 228 g/mol. The van der Waals surface area contributed by atoms with Gasteiger partial charge in [0.05, 0.1) is 6.61 Å². The number of rotatable bonds is 3. The van der Waals surface area contributed by atoms with Gasteiger partial charge in [-0.1, -0.05) is 0 Å². The molecule has 0 radical (unpaired) electrons. The summed E-state index contributed by atoms with van der Waals surface area (Å²) < 4.78 is 12.8. The minimum Gasteiger partial charge on any atom is -0.395 e. The summed E-state index contributed by atoms with van der Waals surface area (Å²) in [5, 5.41) is 14.7. The fourth-order valence-corrected chi connectivity index (χ4v) is 1.32. The Kier molecular flexibility index (Phi) is 4.45. The third-order valence-corrected chi connectivity index (χ3v) is 2.08. The van der Waals surface area contributed by atoms with Gasteiger partial charge in [-0.05, 0) is 42.9 Å². The van der Waals surface area contributed by atoms with Crippen LogP contribution in [0, 0.1) is 12.7 Å². The van der Waals surface area contributed by atoms with Gasteiger partial charge < -0.3 is 15.7 Å². The number of aliphatic hydroxyl groups excluding tert-OH is 1. The molecule has 0 aromatic heterocycles. The van der Waals surface area contributed by atoms with Gasteiger partial charge in [0.15, 0.2) is 5.11 Å². The average Bonchev–Trinajstić information content (AvgIpc) is 2.19. The van der Waals surface area contributed by atoms with E-state index < -0.39 is 0 Å². The van der Waals surface area contributed by atoms with Crippen LogP contribution in [0.4, 0.5) is 10.1 Å². The third-order valence-electron chi connectivity index (χ3n) is 1.83. The Balaban J connectivity index is 2.60. The van der Waals surface area contributed by atoms with Crippen molar-refractivity contribution >= 4 is 23.0 Å². The van der Waals surface area contributed by atoms with Gasteiger partial charge in [-0.15, -0.1) is 0 Å². The largest absolute Gasteiger partial charge is 0.395 e. The summed E-state index contributed by atoms with van der Waals surface area (Å²) in [5.41, 5.74) is 1.54. The van der Waals surface area contributed by atoms with Gasteiger partial charge >= 0.3 is 0 Å². The maximum absolute atomic E-state index is 12.8. The summed E-state index contributed by atoms with van der Waals surface area (Å²) in [5.74, 6) is -0.271. The number of hydrogen-bond acceptors (Lipinski definition) is 2. The van der Waals surface area contributed by atoms with E-state index in [1.165, 1.54) is 12.1 Å². The van der Waals surface area contributed by atoms with E-state index >= 15 is 0 Å². The maximum atomic E-state index is 12.8. The van der Waals surface area contributed by atoms with Crippen molar-refractivity contribution in [2.24, 2.45) is 0 Å². The van der Waals surface area contributed by atoms with Crippen LogP contribution < -0.4 is 10.6 Å². The van der Waals surface area contributed by atoms with Gasteiger partial charge in [-0.2, -0.15) is 0 Å². The predicted octanol–water partition coefficient (Wildman–Crippen LogP) is 1.41. The van der Waals surface area contributed by atoms with Crippen molar-refractivity contribution in [3.05, 3.63) is 29.6 Å². The SMILES string of the molecule is Cc1cc(F)ccc1NC(=S)NCCO. The summed E-state index contributed by atoms with van der Waals surface area (Å²) in [6, 6.07) is 4.42. The van der Waals surface area contributed by atoms with Gasteiger partial charge in [0.2, 0.25) is 0 Å². The van der Waals surface area contributed by atoms with Crippen molar-refractivity contribution in [3.8, 4) is 0 Å². The predicted molar refractivity (Wildman–Crippen MR) is 62.4 cm³/mol.